The van der Waals surface area contributed by atoms with Crippen molar-refractivity contribution < 1.29 is 9.21 Å². The summed E-state index contributed by atoms with van der Waals surface area (Å²) in [5.41, 5.74) is 0.642. The van der Waals surface area contributed by atoms with E-state index in [2.05, 4.69) is 21.2 Å². The van der Waals surface area contributed by atoms with Gasteiger partial charge in [-0.25, -0.2) is 0 Å². The summed E-state index contributed by atoms with van der Waals surface area (Å²) >= 11 is 3.39. The minimum Gasteiger partial charge on any atom is -0.467 e. The van der Waals surface area contributed by atoms with E-state index in [-0.39, 0.29) is 11.9 Å². The van der Waals surface area contributed by atoms with E-state index in [1.807, 2.05) is 36.7 Å². The average molecular weight is 311 g/mol. The van der Waals surface area contributed by atoms with Crippen LogP contribution >= 0.6 is 15.9 Å². The van der Waals surface area contributed by atoms with Crippen LogP contribution in [0, 0.1) is 0 Å². The van der Waals surface area contributed by atoms with Crippen molar-refractivity contribution in [3.8, 4) is 0 Å². The van der Waals surface area contributed by atoms with Gasteiger partial charge in [0.25, 0.3) is 5.91 Å². The van der Waals surface area contributed by atoms with Gasteiger partial charge in [0.15, 0.2) is 0 Å². The van der Waals surface area contributed by atoms with E-state index >= 15 is 0 Å². The molecule has 96 valence electrons. The van der Waals surface area contributed by atoms with Crippen LogP contribution < -0.4 is 5.32 Å². The predicted octanol–water partition coefficient (Wildman–Crippen LogP) is 3.35. The van der Waals surface area contributed by atoms with Crippen molar-refractivity contribution in [2.75, 3.05) is 0 Å². The molecule has 0 spiro atoms. The molecule has 1 amide bonds. The smallest absolute Gasteiger partial charge is 0.268 e. The third-order valence-electron chi connectivity index (χ3n) is 2.61. The highest BCUT2D eigenvalue weighted by molar-refractivity contribution is 9.10. The van der Waals surface area contributed by atoms with Crippen molar-refractivity contribution in [1.82, 2.24) is 9.88 Å². The Morgan fingerprint density at radius 1 is 1.56 bits per heavy atom. The van der Waals surface area contributed by atoms with Gasteiger partial charge < -0.3 is 14.3 Å². The summed E-state index contributed by atoms with van der Waals surface area (Å²) in [6, 6.07) is 5.69. The Kier molecular flexibility index (Phi) is 3.91. The Hall–Kier alpha value is -1.49. The van der Waals surface area contributed by atoms with Crippen LogP contribution in [0.15, 0.2) is 39.5 Å². The minimum absolute atomic E-state index is 0.106. The first-order valence-corrected chi connectivity index (χ1v) is 6.55. The summed E-state index contributed by atoms with van der Waals surface area (Å²) in [6.45, 7) is 4.47. The lowest BCUT2D eigenvalue weighted by Crippen LogP contribution is -2.25. The SMILES string of the molecule is CC(C)n1cc(Br)cc1C(=O)NCc1ccco1. The van der Waals surface area contributed by atoms with E-state index < -0.39 is 0 Å². The van der Waals surface area contributed by atoms with E-state index in [0.29, 0.717) is 12.2 Å². The highest BCUT2D eigenvalue weighted by Gasteiger charge is 2.14. The van der Waals surface area contributed by atoms with E-state index in [0.717, 1.165) is 10.2 Å². The molecule has 0 aliphatic heterocycles. The second-order valence-corrected chi connectivity index (χ2v) is 5.22. The highest BCUT2D eigenvalue weighted by Crippen LogP contribution is 2.19. The summed E-state index contributed by atoms with van der Waals surface area (Å²) in [7, 11) is 0. The maximum Gasteiger partial charge on any atom is 0.268 e. The number of rotatable bonds is 4. The molecule has 0 fully saturated rings. The topological polar surface area (TPSA) is 47.2 Å². The van der Waals surface area contributed by atoms with Gasteiger partial charge in [-0.3, -0.25) is 4.79 Å². The van der Waals surface area contributed by atoms with Crippen LogP contribution in [-0.4, -0.2) is 10.5 Å². The van der Waals surface area contributed by atoms with Crippen molar-refractivity contribution in [3.63, 3.8) is 0 Å². The van der Waals surface area contributed by atoms with Crippen molar-refractivity contribution >= 4 is 21.8 Å². The van der Waals surface area contributed by atoms with Gasteiger partial charge in [-0.15, -0.1) is 0 Å². The zero-order chi connectivity index (χ0) is 13.1. The van der Waals surface area contributed by atoms with Crippen LogP contribution in [0.1, 0.15) is 36.1 Å². The van der Waals surface area contributed by atoms with Crippen LogP contribution in [0.3, 0.4) is 0 Å². The number of furan rings is 1. The highest BCUT2D eigenvalue weighted by atomic mass is 79.9. The number of nitrogens with one attached hydrogen (secondary N) is 1. The van der Waals surface area contributed by atoms with Gasteiger partial charge in [0.1, 0.15) is 11.5 Å². The van der Waals surface area contributed by atoms with Crippen LogP contribution in [0.25, 0.3) is 0 Å². The largest absolute Gasteiger partial charge is 0.467 e. The number of hydrogen-bond donors (Lipinski definition) is 1. The number of carbonyl (C=O) groups excluding carboxylic acids is 1. The molecule has 1 N–H and O–H groups in total. The van der Waals surface area contributed by atoms with Gasteiger partial charge >= 0.3 is 0 Å². The molecule has 5 heteroatoms. The Bertz CT molecular complexity index is 529. The van der Waals surface area contributed by atoms with Crippen molar-refractivity contribution in [2.45, 2.75) is 26.4 Å². The molecule has 2 aromatic rings. The number of aromatic nitrogens is 1. The van der Waals surface area contributed by atoms with Gasteiger partial charge in [0, 0.05) is 16.7 Å². The van der Waals surface area contributed by atoms with E-state index in [1.165, 1.54) is 0 Å². The van der Waals surface area contributed by atoms with Crippen LogP contribution in [0.5, 0.6) is 0 Å². The van der Waals surface area contributed by atoms with Gasteiger partial charge in [-0.2, -0.15) is 0 Å². The summed E-state index contributed by atoms with van der Waals surface area (Å²) in [6.07, 6.45) is 3.50. The molecule has 2 heterocycles. The molecular weight excluding hydrogens is 296 g/mol. The minimum atomic E-state index is -0.106. The molecule has 0 unspecified atom stereocenters. The molecule has 0 radical (unpaired) electrons. The lowest BCUT2D eigenvalue weighted by atomic mass is 10.3. The molecule has 18 heavy (non-hydrogen) atoms. The lowest BCUT2D eigenvalue weighted by molar-refractivity contribution is 0.0937. The van der Waals surface area contributed by atoms with Gasteiger partial charge in [-0.1, -0.05) is 0 Å². The molecule has 0 aromatic carbocycles. The van der Waals surface area contributed by atoms with E-state index in [4.69, 9.17) is 4.42 Å². The van der Waals surface area contributed by atoms with Gasteiger partial charge in [0.2, 0.25) is 0 Å². The van der Waals surface area contributed by atoms with Crippen LogP contribution in [-0.2, 0) is 6.54 Å². The maximum atomic E-state index is 12.1. The molecule has 0 saturated heterocycles. The van der Waals surface area contributed by atoms with Gasteiger partial charge in [-0.05, 0) is 48.0 Å². The van der Waals surface area contributed by atoms with Gasteiger partial charge in [0.05, 0.1) is 12.8 Å². The molecule has 0 aliphatic carbocycles. The second kappa shape index (κ2) is 5.44. The lowest BCUT2D eigenvalue weighted by Gasteiger charge is -2.12. The fourth-order valence-corrected chi connectivity index (χ4v) is 2.16. The average Bonchev–Trinajstić information content (AvgIpc) is 2.94. The first-order valence-electron chi connectivity index (χ1n) is 5.76. The molecule has 2 aromatic heterocycles. The maximum absolute atomic E-state index is 12.1. The fraction of sp³-hybridized carbons (Fsp3) is 0.308. The molecular formula is C13H15BrN2O2. The Morgan fingerprint density at radius 2 is 2.33 bits per heavy atom. The number of hydrogen-bond acceptors (Lipinski definition) is 2. The molecule has 0 aliphatic rings. The monoisotopic (exact) mass is 310 g/mol. The second-order valence-electron chi connectivity index (χ2n) is 4.31. The fourth-order valence-electron chi connectivity index (χ4n) is 1.73. The predicted molar refractivity (Wildman–Crippen MR) is 72.4 cm³/mol. The third kappa shape index (κ3) is 2.85. The molecule has 0 saturated carbocycles. The number of halogens is 1. The first kappa shape index (κ1) is 13.0. The standard InChI is InChI=1S/C13H15BrN2O2/c1-9(2)16-8-10(14)6-12(16)13(17)15-7-11-4-3-5-18-11/h3-6,8-9H,7H2,1-2H3,(H,15,17). The molecule has 0 atom stereocenters. The van der Waals surface area contributed by atoms with Crippen molar-refractivity contribution in [2.24, 2.45) is 0 Å². The summed E-state index contributed by atoms with van der Waals surface area (Å²) in [5, 5.41) is 2.84. The Morgan fingerprint density at radius 3 is 2.94 bits per heavy atom. The van der Waals surface area contributed by atoms with Crippen LogP contribution in [0.4, 0.5) is 0 Å². The van der Waals surface area contributed by atoms with E-state index in [1.54, 1.807) is 12.3 Å². The number of carbonyl (C=O) groups is 1. The summed E-state index contributed by atoms with van der Waals surface area (Å²) < 4.78 is 8.01. The van der Waals surface area contributed by atoms with Crippen molar-refractivity contribution in [1.29, 1.82) is 0 Å². The Labute approximate surface area is 114 Å². The zero-order valence-corrected chi connectivity index (χ0v) is 11.9. The normalized spacial score (nSPS) is 10.9. The summed E-state index contributed by atoms with van der Waals surface area (Å²) in [4.78, 5) is 12.1. The van der Waals surface area contributed by atoms with Crippen LogP contribution in [0.2, 0.25) is 0 Å². The number of amides is 1. The zero-order valence-electron chi connectivity index (χ0n) is 10.3. The van der Waals surface area contributed by atoms with E-state index in [9.17, 15) is 4.79 Å². The first-order chi connectivity index (χ1) is 8.58. The molecule has 2 rings (SSSR count). The molecule has 0 bridgehead atoms. The number of nitrogens with zero attached hydrogens (tertiary/aromatic N) is 1. The third-order valence-corrected chi connectivity index (χ3v) is 3.04. The van der Waals surface area contributed by atoms with Crippen molar-refractivity contribution in [3.05, 3.63) is 46.6 Å². The quantitative estimate of drug-likeness (QED) is 0.941. The summed E-state index contributed by atoms with van der Waals surface area (Å²) in [5.74, 6) is 0.635. The Balaban J connectivity index is 2.09. The molecule has 4 nitrogen and oxygen atoms in total.